The molecule has 3 aromatic rings. The fraction of sp³-hybridized carbons (Fsp3) is 0.500. The number of H-pyrrole nitrogens is 1. The van der Waals surface area contributed by atoms with Crippen LogP contribution in [-0.2, 0) is 13.1 Å². The first-order chi connectivity index (χ1) is 17.1. The Kier molecular flexibility index (Phi) is 7.97. The number of rotatable bonds is 8. The Morgan fingerprint density at radius 3 is 2.58 bits per heavy atom. The number of carbonyl (C=O) groups excluding carboxylic acids is 1. The molecule has 1 aromatic carbocycles. The molecule has 0 radical (unpaired) electrons. The third kappa shape index (κ3) is 5.88. The second-order valence-electron chi connectivity index (χ2n) is 10.6. The second kappa shape index (κ2) is 10.8. The zero-order valence-corrected chi connectivity index (χ0v) is 22.8. The number of fused-ring (bicyclic) bond motifs is 1. The summed E-state index contributed by atoms with van der Waals surface area (Å²) in [5.74, 6) is 0.359. The van der Waals surface area contributed by atoms with E-state index in [4.69, 9.17) is 0 Å². The van der Waals surface area contributed by atoms with Crippen molar-refractivity contribution >= 4 is 28.6 Å². The highest BCUT2D eigenvalue weighted by Gasteiger charge is 2.26. The zero-order valence-electron chi connectivity index (χ0n) is 22.0. The lowest BCUT2D eigenvalue weighted by Gasteiger charge is -2.35. The van der Waals surface area contributed by atoms with E-state index in [1.54, 1.807) is 0 Å². The number of β-amino-alcohol motifs (C(OH)–C–C–N with tert-alkyl or cyclic N) is 1. The molecule has 8 heteroatoms. The third-order valence-corrected chi connectivity index (χ3v) is 7.90. The molecular formula is C28H38N4O3S. The van der Waals surface area contributed by atoms with E-state index in [1.165, 1.54) is 11.8 Å². The number of piperidine rings is 1. The number of thioether (sulfide) groups is 1. The first kappa shape index (κ1) is 26.5. The van der Waals surface area contributed by atoms with Crippen LogP contribution >= 0.6 is 11.8 Å². The lowest BCUT2D eigenvalue weighted by molar-refractivity contribution is 0.0235. The number of nitrogens with one attached hydrogen (secondary N) is 2. The summed E-state index contributed by atoms with van der Waals surface area (Å²) in [4.78, 5) is 32.0. The molecule has 1 fully saturated rings. The highest BCUT2D eigenvalue weighted by molar-refractivity contribution is 7.98. The van der Waals surface area contributed by atoms with E-state index in [2.05, 4.69) is 25.8 Å². The van der Waals surface area contributed by atoms with E-state index in [-0.39, 0.29) is 18.0 Å². The quantitative estimate of drug-likeness (QED) is 0.397. The number of aliphatic hydroxyl groups is 1. The van der Waals surface area contributed by atoms with E-state index in [9.17, 15) is 14.7 Å². The van der Waals surface area contributed by atoms with Crippen LogP contribution in [0, 0.1) is 19.8 Å². The van der Waals surface area contributed by atoms with Crippen molar-refractivity contribution < 1.29 is 9.90 Å². The standard InChI is InChI=1S/C28H38N4O3S/c1-18-14-24(36-5)22(26(33)30-18)15-29-27(34)25-19(2)32(23-9-7-6-8-21(23)25)16-20-10-12-31(13-11-20)17-28(3,4)35/h6-9,14,20,35H,10-13,15-17H2,1-5H3,(H,29,34)(H,30,33). The van der Waals surface area contributed by atoms with Crippen LogP contribution in [0.3, 0.4) is 0 Å². The predicted octanol–water partition coefficient (Wildman–Crippen LogP) is 4.08. The maximum Gasteiger partial charge on any atom is 0.254 e. The van der Waals surface area contributed by atoms with Crippen molar-refractivity contribution in [3.05, 3.63) is 63.2 Å². The van der Waals surface area contributed by atoms with Crippen LogP contribution in [0.1, 0.15) is 54.0 Å². The van der Waals surface area contributed by atoms with E-state index < -0.39 is 5.60 Å². The largest absolute Gasteiger partial charge is 0.389 e. The molecule has 4 rings (SSSR count). The van der Waals surface area contributed by atoms with Crippen molar-refractivity contribution in [3.8, 4) is 0 Å². The van der Waals surface area contributed by atoms with Crippen LogP contribution in [-0.4, -0.2) is 57.0 Å². The summed E-state index contributed by atoms with van der Waals surface area (Å²) in [6, 6.07) is 10.0. The minimum absolute atomic E-state index is 0.158. The average molecular weight is 511 g/mol. The van der Waals surface area contributed by atoms with Crippen LogP contribution in [0.2, 0.25) is 0 Å². The maximum absolute atomic E-state index is 13.4. The van der Waals surface area contributed by atoms with Gasteiger partial charge in [-0.05, 0) is 77.9 Å². The fourth-order valence-electron chi connectivity index (χ4n) is 5.38. The van der Waals surface area contributed by atoms with Crippen LogP contribution in [0.25, 0.3) is 10.9 Å². The number of carbonyl (C=O) groups is 1. The Morgan fingerprint density at radius 2 is 1.92 bits per heavy atom. The number of para-hydroxylation sites is 1. The number of aryl methyl sites for hydroxylation is 1. The molecule has 0 bridgehead atoms. The van der Waals surface area contributed by atoms with Gasteiger partial charge in [0.05, 0.1) is 11.2 Å². The van der Waals surface area contributed by atoms with Crippen molar-refractivity contribution in [3.63, 3.8) is 0 Å². The molecule has 1 aliphatic heterocycles. The van der Waals surface area contributed by atoms with Crippen LogP contribution in [0.5, 0.6) is 0 Å². The van der Waals surface area contributed by atoms with Crippen molar-refractivity contribution in [2.75, 3.05) is 25.9 Å². The number of aromatic nitrogens is 2. The Morgan fingerprint density at radius 1 is 1.22 bits per heavy atom. The van der Waals surface area contributed by atoms with Crippen LogP contribution < -0.4 is 10.9 Å². The number of hydrogen-bond donors (Lipinski definition) is 3. The normalized spacial score (nSPS) is 15.5. The number of likely N-dealkylation sites (tertiary alicyclic amines) is 1. The molecule has 0 spiro atoms. The minimum atomic E-state index is -0.678. The molecule has 0 aliphatic carbocycles. The molecular weight excluding hydrogens is 472 g/mol. The van der Waals surface area contributed by atoms with Gasteiger partial charge in [0.1, 0.15) is 0 Å². The number of aromatic amines is 1. The van der Waals surface area contributed by atoms with Gasteiger partial charge in [0.25, 0.3) is 11.5 Å². The number of benzene rings is 1. The van der Waals surface area contributed by atoms with Crippen molar-refractivity contribution in [2.24, 2.45) is 5.92 Å². The summed E-state index contributed by atoms with van der Waals surface area (Å²) >= 11 is 1.51. The molecule has 1 saturated heterocycles. The second-order valence-corrected chi connectivity index (χ2v) is 11.5. The fourth-order valence-corrected chi connectivity index (χ4v) is 6.08. The van der Waals surface area contributed by atoms with Crippen LogP contribution in [0.15, 0.2) is 40.0 Å². The van der Waals surface area contributed by atoms with E-state index in [0.717, 1.165) is 59.7 Å². The Balaban J connectivity index is 1.53. The maximum atomic E-state index is 13.4. The first-order valence-electron chi connectivity index (χ1n) is 12.6. The molecule has 1 aliphatic rings. The van der Waals surface area contributed by atoms with Gasteiger partial charge in [0.15, 0.2) is 0 Å². The van der Waals surface area contributed by atoms with Crippen molar-refractivity contribution in [2.45, 2.75) is 64.1 Å². The van der Waals surface area contributed by atoms with Gasteiger partial charge >= 0.3 is 0 Å². The Hall–Kier alpha value is -2.55. The van der Waals surface area contributed by atoms with Gasteiger partial charge in [-0.1, -0.05) is 18.2 Å². The van der Waals surface area contributed by atoms with Crippen molar-refractivity contribution in [1.82, 2.24) is 19.8 Å². The highest BCUT2D eigenvalue weighted by atomic mass is 32.2. The van der Waals surface area contributed by atoms with Gasteiger partial charge in [-0.3, -0.25) is 9.59 Å². The molecule has 194 valence electrons. The molecule has 0 atom stereocenters. The number of hydrogen-bond acceptors (Lipinski definition) is 5. The first-order valence-corrected chi connectivity index (χ1v) is 13.9. The zero-order chi connectivity index (χ0) is 26.0. The number of pyridine rings is 1. The molecule has 3 N–H and O–H groups in total. The van der Waals surface area contributed by atoms with Gasteiger partial charge in [-0.2, -0.15) is 0 Å². The van der Waals surface area contributed by atoms with E-state index in [0.29, 0.717) is 23.6 Å². The molecule has 36 heavy (non-hydrogen) atoms. The van der Waals surface area contributed by atoms with E-state index >= 15 is 0 Å². The van der Waals surface area contributed by atoms with Gasteiger partial charge in [0, 0.05) is 52.4 Å². The molecule has 3 heterocycles. The van der Waals surface area contributed by atoms with Gasteiger partial charge in [-0.15, -0.1) is 11.8 Å². The summed E-state index contributed by atoms with van der Waals surface area (Å²) in [6.45, 7) is 11.3. The SMILES string of the molecule is CSc1cc(C)[nH]c(=O)c1CNC(=O)c1c(C)n(CC2CCN(CC(C)(C)O)CC2)c2ccccc12. The summed E-state index contributed by atoms with van der Waals surface area (Å²) in [5, 5.41) is 14.1. The summed E-state index contributed by atoms with van der Waals surface area (Å²) in [7, 11) is 0. The molecule has 0 saturated carbocycles. The molecule has 0 unspecified atom stereocenters. The van der Waals surface area contributed by atoms with E-state index in [1.807, 2.05) is 58.2 Å². The number of amides is 1. The van der Waals surface area contributed by atoms with Gasteiger partial charge in [-0.25, -0.2) is 0 Å². The lowest BCUT2D eigenvalue weighted by Crippen LogP contribution is -2.43. The lowest BCUT2D eigenvalue weighted by atomic mass is 9.95. The Bertz CT molecular complexity index is 1300. The average Bonchev–Trinajstić information content (AvgIpc) is 3.09. The summed E-state index contributed by atoms with van der Waals surface area (Å²) in [6.07, 6.45) is 4.07. The molecule has 2 aromatic heterocycles. The molecule has 7 nitrogen and oxygen atoms in total. The monoisotopic (exact) mass is 510 g/mol. The third-order valence-electron chi connectivity index (χ3n) is 7.09. The number of nitrogens with zero attached hydrogens (tertiary/aromatic N) is 2. The summed E-state index contributed by atoms with van der Waals surface area (Å²) < 4.78 is 2.28. The van der Waals surface area contributed by atoms with Gasteiger partial charge in [0.2, 0.25) is 0 Å². The molecule has 1 amide bonds. The predicted molar refractivity (Wildman–Crippen MR) is 147 cm³/mol. The summed E-state index contributed by atoms with van der Waals surface area (Å²) in [5.41, 5.74) is 3.26. The Labute approximate surface area is 217 Å². The van der Waals surface area contributed by atoms with Crippen LogP contribution in [0.4, 0.5) is 0 Å². The topological polar surface area (TPSA) is 90.4 Å². The van der Waals surface area contributed by atoms with Crippen molar-refractivity contribution in [1.29, 1.82) is 0 Å². The minimum Gasteiger partial charge on any atom is -0.389 e. The smallest absolute Gasteiger partial charge is 0.254 e. The van der Waals surface area contributed by atoms with Gasteiger partial charge < -0.3 is 24.9 Å². The highest BCUT2D eigenvalue weighted by Crippen LogP contribution is 2.29.